The van der Waals surface area contributed by atoms with Crippen molar-refractivity contribution in [3.8, 4) is 11.5 Å². The van der Waals surface area contributed by atoms with Crippen LogP contribution in [0.1, 0.15) is 44.9 Å². The first kappa shape index (κ1) is 20.3. The smallest absolute Gasteiger partial charge is 0.315 e. The minimum Gasteiger partial charge on any atom is -0.486 e. The van der Waals surface area contributed by atoms with Crippen molar-refractivity contribution in [3.63, 3.8) is 0 Å². The number of amides is 2. The van der Waals surface area contributed by atoms with Gasteiger partial charge in [-0.05, 0) is 37.8 Å². The third kappa shape index (κ3) is 5.54. The van der Waals surface area contributed by atoms with E-state index in [1.807, 2.05) is 24.3 Å². The fourth-order valence-corrected chi connectivity index (χ4v) is 4.53. The third-order valence-electron chi connectivity index (χ3n) is 6.27. The van der Waals surface area contributed by atoms with Crippen LogP contribution in [0.3, 0.4) is 0 Å². The van der Waals surface area contributed by atoms with Gasteiger partial charge in [-0.15, -0.1) is 0 Å². The van der Waals surface area contributed by atoms with Crippen molar-refractivity contribution in [1.29, 1.82) is 0 Å². The van der Waals surface area contributed by atoms with E-state index in [1.54, 1.807) is 0 Å². The number of hydrogen-bond donors (Lipinski definition) is 3. The molecular weight excluding hydrogens is 370 g/mol. The second-order valence-corrected chi connectivity index (χ2v) is 8.51. The van der Waals surface area contributed by atoms with Gasteiger partial charge in [-0.2, -0.15) is 0 Å². The largest absolute Gasteiger partial charge is 0.486 e. The van der Waals surface area contributed by atoms with Gasteiger partial charge in [-0.1, -0.05) is 31.4 Å². The molecule has 160 valence electrons. The number of nitrogens with one attached hydrogen (secondary N) is 2. The molecule has 1 aliphatic carbocycles. The van der Waals surface area contributed by atoms with E-state index in [4.69, 9.17) is 9.47 Å². The third-order valence-corrected chi connectivity index (χ3v) is 6.27. The van der Waals surface area contributed by atoms with Crippen LogP contribution in [-0.2, 0) is 0 Å². The first-order valence-electron chi connectivity index (χ1n) is 11.0. The molecule has 7 heteroatoms. The quantitative estimate of drug-likeness (QED) is 0.703. The van der Waals surface area contributed by atoms with Crippen LogP contribution in [-0.4, -0.2) is 66.6 Å². The highest BCUT2D eigenvalue weighted by molar-refractivity contribution is 5.74. The van der Waals surface area contributed by atoms with E-state index >= 15 is 0 Å². The molecule has 0 radical (unpaired) electrons. The monoisotopic (exact) mass is 403 g/mol. The van der Waals surface area contributed by atoms with Crippen molar-refractivity contribution in [2.45, 2.75) is 69.2 Å². The lowest BCUT2D eigenvalue weighted by Crippen LogP contribution is -2.52. The highest BCUT2D eigenvalue weighted by Gasteiger charge is 2.30. The predicted molar refractivity (Wildman–Crippen MR) is 110 cm³/mol. The summed E-state index contributed by atoms with van der Waals surface area (Å²) in [6.07, 6.45) is 6.74. The van der Waals surface area contributed by atoms with Gasteiger partial charge in [0.05, 0.1) is 0 Å². The summed E-state index contributed by atoms with van der Waals surface area (Å²) in [5, 5.41) is 16.9. The number of hydrogen-bond acceptors (Lipinski definition) is 5. The van der Waals surface area contributed by atoms with Crippen molar-refractivity contribution < 1.29 is 19.4 Å². The molecule has 0 spiro atoms. The molecule has 1 aromatic rings. The van der Waals surface area contributed by atoms with Crippen molar-refractivity contribution in [2.24, 2.45) is 0 Å². The van der Waals surface area contributed by atoms with E-state index in [0.717, 1.165) is 44.5 Å². The number of benzene rings is 1. The van der Waals surface area contributed by atoms with Gasteiger partial charge in [0, 0.05) is 31.7 Å². The molecule has 3 N–H and O–H groups in total. The summed E-state index contributed by atoms with van der Waals surface area (Å²) in [7, 11) is 0. The molecule has 2 heterocycles. The highest BCUT2D eigenvalue weighted by Crippen LogP contribution is 2.31. The van der Waals surface area contributed by atoms with Gasteiger partial charge < -0.3 is 30.1 Å². The summed E-state index contributed by atoms with van der Waals surface area (Å²) >= 11 is 0. The molecule has 29 heavy (non-hydrogen) atoms. The number of β-amino-alcohol motifs (C(OH)–C–C–N with tert-alkyl or cyclic N) is 1. The maximum Gasteiger partial charge on any atom is 0.315 e. The molecule has 2 aliphatic heterocycles. The minimum absolute atomic E-state index is 0.0261. The molecule has 2 amide bonds. The number of likely N-dealkylation sites (tertiary alicyclic amines) is 1. The number of aliphatic hydroxyl groups excluding tert-OH is 1. The Balaban J connectivity index is 1.16. The molecule has 1 saturated heterocycles. The molecule has 0 bridgehead atoms. The van der Waals surface area contributed by atoms with Crippen molar-refractivity contribution in [2.75, 3.05) is 26.2 Å². The topological polar surface area (TPSA) is 83.1 Å². The number of fused-ring (bicyclic) bond motifs is 1. The second-order valence-electron chi connectivity index (χ2n) is 8.51. The van der Waals surface area contributed by atoms with Gasteiger partial charge in [0.1, 0.15) is 12.7 Å². The van der Waals surface area contributed by atoms with Crippen LogP contribution in [0.4, 0.5) is 4.79 Å². The molecule has 7 nitrogen and oxygen atoms in total. The highest BCUT2D eigenvalue weighted by atomic mass is 16.6. The van der Waals surface area contributed by atoms with Crippen LogP contribution in [0.2, 0.25) is 0 Å². The Morgan fingerprint density at radius 2 is 1.69 bits per heavy atom. The summed E-state index contributed by atoms with van der Waals surface area (Å²) in [6, 6.07) is 8.06. The van der Waals surface area contributed by atoms with Crippen molar-refractivity contribution >= 4 is 6.03 Å². The maximum absolute atomic E-state index is 12.2. The summed E-state index contributed by atoms with van der Waals surface area (Å²) in [5.74, 6) is 1.42. The average molecular weight is 404 g/mol. The van der Waals surface area contributed by atoms with Crippen molar-refractivity contribution in [1.82, 2.24) is 15.5 Å². The van der Waals surface area contributed by atoms with E-state index in [2.05, 4.69) is 15.5 Å². The van der Waals surface area contributed by atoms with E-state index in [-0.39, 0.29) is 18.2 Å². The zero-order valence-corrected chi connectivity index (χ0v) is 17.0. The SMILES string of the molecule is O=C(NC1CCCCC1)NC1CCN(CC(O)C2COc3ccccc3O2)CC1. The summed E-state index contributed by atoms with van der Waals surface area (Å²) in [4.78, 5) is 14.5. The van der Waals surface area contributed by atoms with Gasteiger partial charge in [0.15, 0.2) is 17.6 Å². The van der Waals surface area contributed by atoms with Crippen LogP contribution in [0.15, 0.2) is 24.3 Å². The fraction of sp³-hybridized carbons (Fsp3) is 0.682. The molecule has 4 rings (SSSR count). The molecule has 1 aromatic carbocycles. The van der Waals surface area contributed by atoms with Crippen LogP contribution in [0.5, 0.6) is 11.5 Å². The second kappa shape index (κ2) is 9.67. The van der Waals surface area contributed by atoms with Crippen LogP contribution in [0, 0.1) is 0 Å². The number of nitrogens with zero attached hydrogens (tertiary/aromatic N) is 1. The fourth-order valence-electron chi connectivity index (χ4n) is 4.53. The Morgan fingerprint density at radius 1 is 1.03 bits per heavy atom. The van der Waals surface area contributed by atoms with Gasteiger partial charge in [-0.3, -0.25) is 0 Å². The zero-order valence-electron chi connectivity index (χ0n) is 17.0. The van der Waals surface area contributed by atoms with Gasteiger partial charge in [0.2, 0.25) is 0 Å². The van der Waals surface area contributed by atoms with Crippen molar-refractivity contribution in [3.05, 3.63) is 24.3 Å². The Hall–Kier alpha value is -1.99. The first-order valence-corrected chi connectivity index (χ1v) is 11.0. The molecule has 2 fully saturated rings. The lowest BCUT2D eigenvalue weighted by atomic mass is 9.96. The van der Waals surface area contributed by atoms with Gasteiger partial charge >= 0.3 is 6.03 Å². The molecule has 0 aromatic heterocycles. The Bertz CT molecular complexity index is 672. The Morgan fingerprint density at radius 3 is 2.41 bits per heavy atom. The van der Waals surface area contributed by atoms with Crippen LogP contribution >= 0.6 is 0 Å². The number of piperidine rings is 1. The normalized spacial score (nSPS) is 24.7. The van der Waals surface area contributed by atoms with E-state index in [1.165, 1.54) is 19.3 Å². The Labute approximate surface area is 172 Å². The number of carbonyl (C=O) groups is 1. The number of carbonyl (C=O) groups excluding carboxylic acids is 1. The first-order chi connectivity index (χ1) is 14.2. The van der Waals surface area contributed by atoms with Gasteiger partial charge in [-0.25, -0.2) is 4.79 Å². The standard InChI is InChI=1S/C22H33N3O4/c26-18(21-15-28-19-8-4-5-9-20(19)29-21)14-25-12-10-17(11-13-25)24-22(27)23-16-6-2-1-3-7-16/h4-5,8-9,16-18,21,26H,1-3,6-7,10-15H2,(H2,23,24,27). The number of rotatable bonds is 5. The molecular formula is C22H33N3O4. The lowest BCUT2D eigenvalue weighted by Gasteiger charge is -2.36. The predicted octanol–water partition coefficient (Wildman–Crippen LogP) is 2.28. The number of aliphatic hydroxyl groups is 1. The molecule has 2 unspecified atom stereocenters. The summed E-state index contributed by atoms with van der Waals surface area (Å²) in [6.45, 7) is 2.62. The average Bonchev–Trinajstić information content (AvgIpc) is 2.75. The van der Waals surface area contributed by atoms with Gasteiger partial charge in [0.25, 0.3) is 0 Å². The number of ether oxygens (including phenoxy) is 2. The minimum atomic E-state index is -0.609. The molecule has 3 aliphatic rings. The Kier molecular flexibility index (Phi) is 6.77. The molecule has 1 saturated carbocycles. The number of urea groups is 1. The maximum atomic E-state index is 12.2. The lowest BCUT2D eigenvalue weighted by molar-refractivity contribution is -0.0282. The van der Waals surface area contributed by atoms with E-state index in [9.17, 15) is 9.90 Å². The summed E-state index contributed by atoms with van der Waals surface area (Å²) in [5.41, 5.74) is 0. The molecule has 2 atom stereocenters. The van der Waals surface area contributed by atoms with Crippen LogP contribution < -0.4 is 20.1 Å². The zero-order chi connectivity index (χ0) is 20.1. The van der Waals surface area contributed by atoms with E-state index in [0.29, 0.717) is 24.9 Å². The summed E-state index contributed by atoms with van der Waals surface area (Å²) < 4.78 is 11.6. The van der Waals surface area contributed by atoms with E-state index < -0.39 is 6.10 Å². The van der Waals surface area contributed by atoms with Crippen LogP contribution in [0.25, 0.3) is 0 Å². The number of para-hydroxylation sites is 2.